The van der Waals surface area contributed by atoms with Crippen LogP contribution in [-0.2, 0) is 6.61 Å². The van der Waals surface area contributed by atoms with Gasteiger partial charge in [0.05, 0.1) is 5.69 Å². The normalized spacial score (nSPS) is 11.1. The highest BCUT2D eigenvalue weighted by atomic mass is 19.1. The van der Waals surface area contributed by atoms with Crippen molar-refractivity contribution in [1.29, 1.82) is 0 Å². The maximum Gasteiger partial charge on any atom is 0.189 e. The molecule has 4 aromatic rings. The van der Waals surface area contributed by atoms with E-state index in [-0.39, 0.29) is 18.5 Å². The predicted octanol–water partition coefficient (Wildman–Crippen LogP) is 3.82. The zero-order chi connectivity index (χ0) is 19.5. The number of benzene rings is 1. The van der Waals surface area contributed by atoms with Gasteiger partial charge in [-0.1, -0.05) is 6.07 Å². The summed E-state index contributed by atoms with van der Waals surface area (Å²) in [4.78, 5) is 8.72. The van der Waals surface area contributed by atoms with Crippen LogP contribution >= 0.6 is 0 Å². The summed E-state index contributed by atoms with van der Waals surface area (Å²) in [5.74, 6) is 1.20. The molecule has 28 heavy (non-hydrogen) atoms. The third-order valence-corrected chi connectivity index (χ3v) is 4.11. The van der Waals surface area contributed by atoms with Crippen molar-refractivity contribution in [3.63, 3.8) is 0 Å². The van der Waals surface area contributed by atoms with Gasteiger partial charge in [0.25, 0.3) is 0 Å². The molecule has 8 heteroatoms. The molecule has 0 atom stereocenters. The SMILES string of the molecule is CC(C)n1nccc1-c1nc(COc2cccc(F)c2)nn1-c1ccncc1. The number of rotatable bonds is 6. The van der Waals surface area contributed by atoms with Crippen molar-refractivity contribution in [3.05, 3.63) is 72.7 Å². The fourth-order valence-corrected chi connectivity index (χ4v) is 2.85. The van der Waals surface area contributed by atoms with E-state index >= 15 is 0 Å². The number of hydrogen-bond donors (Lipinski definition) is 0. The second-order valence-electron chi connectivity index (χ2n) is 6.47. The van der Waals surface area contributed by atoms with Gasteiger partial charge in [-0.15, -0.1) is 5.10 Å². The summed E-state index contributed by atoms with van der Waals surface area (Å²) in [6.07, 6.45) is 5.14. The highest BCUT2D eigenvalue weighted by Crippen LogP contribution is 2.24. The van der Waals surface area contributed by atoms with Gasteiger partial charge >= 0.3 is 0 Å². The van der Waals surface area contributed by atoms with E-state index < -0.39 is 0 Å². The van der Waals surface area contributed by atoms with Gasteiger partial charge < -0.3 is 4.74 Å². The lowest BCUT2D eigenvalue weighted by atomic mass is 10.3. The summed E-state index contributed by atoms with van der Waals surface area (Å²) < 4.78 is 22.6. The second-order valence-corrected chi connectivity index (χ2v) is 6.47. The maximum atomic E-state index is 13.4. The summed E-state index contributed by atoms with van der Waals surface area (Å²) in [7, 11) is 0. The van der Waals surface area contributed by atoms with Crippen LogP contribution in [0.3, 0.4) is 0 Å². The topological polar surface area (TPSA) is 70.7 Å². The number of halogens is 1. The summed E-state index contributed by atoms with van der Waals surface area (Å²) in [6.45, 7) is 4.22. The Hall–Kier alpha value is -3.55. The predicted molar refractivity (Wildman–Crippen MR) is 101 cm³/mol. The van der Waals surface area contributed by atoms with Gasteiger partial charge in [-0.25, -0.2) is 14.1 Å². The molecule has 0 amide bonds. The molecule has 7 nitrogen and oxygen atoms in total. The standard InChI is InChI=1S/C20H19FN6O/c1-14(2)26-18(8-11-23-26)20-24-19(13-28-17-5-3-4-15(21)12-17)25-27(20)16-6-9-22-10-7-16/h3-12,14H,13H2,1-2H3. The molecule has 0 unspecified atom stereocenters. The third-order valence-electron chi connectivity index (χ3n) is 4.11. The van der Waals surface area contributed by atoms with Crippen molar-refractivity contribution in [2.45, 2.75) is 26.5 Å². The van der Waals surface area contributed by atoms with Crippen LogP contribution in [0, 0.1) is 5.82 Å². The molecule has 0 aliphatic carbocycles. The Morgan fingerprint density at radius 2 is 1.89 bits per heavy atom. The Morgan fingerprint density at radius 3 is 2.64 bits per heavy atom. The molecule has 3 heterocycles. The summed E-state index contributed by atoms with van der Waals surface area (Å²) in [5, 5.41) is 8.98. The smallest absolute Gasteiger partial charge is 0.189 e. The average Bonchev–Trinajstić information content (AvgIpc) is 3.34. The molecule has 0 saturated carbocycles. The molecule has 142 valence electrons. The fraction of sp³-hybridized carbons (Fsp3) is 0.200. The van der Waals surface area contributed by atoms with Crippen molar-refractivity contribution >= 4 is 0 Å². The molecule has 0 radical (unpaired) electrons. The van der Waals surface area contributed by atoms with Gasteiger partial charge in [0.15, 0.2) is 11.6 Å². The van der Waals surface area contributed by atoms with E-state index in [1.165, 1.54) is 12.1 Å². The average molecular weight is 378 g/mol. The van der Waals surface area contributed by atoms with E-state index in [1.54, 1.807) is 35.4 Å². The Labute approximate surface area is 161 Å². The fourth-order valence-electron chi connectivity index (χ4n) is 2.85. The molecule has 0 saturated heterocycles. The minimum absolute atomic E-state index is 0.115. The highest BCUT2D eigenvalue weighted by molar-refractivity contribution is 5.53. The molecule has 1 aromatic carbocycles. The molecule has 0 spiro atoms. The van der Waals surface area contributed by atoms with Crippen LogP contribution in [-0.4, -0.2) is 29.5 Å². The summed E-state index contributed by atoms with van der Waals surface area (Å²) in [6, 6.07) is 11.8. The van der Waals surface area contributed by atoms with Crippen LogP contribution in [0.4, 0.5) is 4.39 Å². The summed E-state index contributed by atoms with van der Waals surface area (Å²) in [5.41, 5.74) is 1.67. The molecule has 0 fully saturated rings. The second kappa shape index (κ2) is 7.59. The van der Waals surface area contributed by atoms with Crippen molar-refractivity contribution in [2.24, 2.45) is 0 Å². The largest absolute Gasteiger partial charge is 0.485 e. The molecule has 0 N–H and O–H groups in total. The van der Waals surface area contributed by atoms with Gasteiger partial charge in [-0.3, -0.25) is 9.67 Å². The lowest BCUT2D eigenvalue weighted by Crippen LogP contribution is -2.08. The van der Waals surface area contributed by atoms with E-state index in [1.807, 2.05) is 22.9 Å². The van der Waals surface area contributed by atoms with Gasteiger partial charge in [0, 0.05) is 30.7 Å². The van der Waals surface area contributed by atoms with Crippen LogP contribution in [0.2, 0.25) is 0 Å². The molecule has 0 aliphatic rings. The van der Waals surface area contributed by atoms with E-state index in [9.17, 15) is 4.39 Å². The Bertz CT molecular complexity index is 1070. The quantitative estimate of drug-likeness (QED) is 0.510. The maximum absolute atomic E-state index is 13.4. The van der Waals surface area contributed by atoms with Crippen molar-refractivity contribution in [1.82, 2.24) is 29.5 Å². The van der Waals surface area contributed by atoms with Gasteiger partial charge in [-0.05, 0) is 44.2 Å². The number of ether oxygens (including phenoxy) is 1. The van der Waals surface area contributed by atoms with E-state index in [4.69, 9.17) is 4.74 Å². The Kier molecular flexibility index (Phi) is 4.84. The number of pyridine rings is 1. The van der Waals surface area contributed by atoms with Crippen LogP contribution < -0.4 is 4.74 Å². The van der Waals surface area contributed by atoms with Crippen molar-refractivity contribution in [3.8, 4) is 23.0 Å². The first-order valence-electron chi connectivity index (χ1n) is 8.90. The molecular formula is C20H19FN6O. The highest BCUT2D eigenvalue weighted by Gasteiger charge is 2.19. The molecule has 3 aromatic heterocycles. The molecule has 0 bridgehead atoms. The Morgan fingerprint density at radius 1 is 1.07 bits per heavy atom. The first kappa shape index (κ1) is 17.8. The molecular weight excluding hydrogens is 359 g/mol. The van der Waals surface area contributed by atoms with Gasteiger partial charge in [0.1, 0.15) is 23.9 Å². The third kappa shape index (κ3) is 3.62. The van der Waals surface area contributed by atoms with Gasteiger partial charge in [0.2, 0.25) is 0 Å². The van der Waals surface area contributed by atoms with Crippen molar-refractivity contribution < 1.29 is 9.13 Å². The van der Waals surface area contributed by atoms with E-state index in [0.29, 0.717) is 17.4 Å². The minimum Gasteiger partial charge on any atom is -0.485 e. The van der Waals surface area contributed by atoms with E-state index in [2.05, 4.69) is 34.0 Å². The number of hydrogen-bond acceptors (Lipinski definition) is 5. The first-order chi connectivity index (χ1) is 13.6. The summed E-state index contributed by atoms with van der Waals surface area (Å²) >= 11 is 0. The van der Waals surface area contributed by atoms with Crippen molar-refractivity contribution in [2.75, 3.05) is 0 Å². The zero-order valence-electron chi connectivity index (χ0n) is 15.5. The van der Waals surface area contributed by atoms with Crippen LogP contribution in [0.15, 0.2) is 61.1 Å². The van der Waals surface area contributed by atoms with Crippen LogP contribution in [0.25, 0.3) is 17.2 Å². The Balaban J connectivity index is 1.71. The lowest BCUT2D eigenvalue weighted by molar-refractivity contribution is 0.294. The monoisotopic (exact) mass is 378 g/mol. The minimum atomic E-state index is -0.353. The van der Waals surface area contributed by atoms with Gasteiger partial charge in [-0.2, -0.15) is 5.10 Å². The molecule has 4 rings (SSSR count). The lowest BCUT2D eigenvalue weighted by Gasteiger charge is -2.11. The zero-order valence-corrected chi connectivity index (χ0v) is 15.5. The van der Waals surface area contributed by atoms with Crippen LogP contribution in [0.5, 0.6) is 5.75 Å². The van der Waals surface area contributed by atoms with E-state index in [0.717, 1.165) is 11.4 Å². The number of nitrogens with zero attached hydrogens (tertiary/aromatic N) is 6. The molecule has 0 aliphatic heterocycles. The van der Waals surface area contributed by atoms with Crippen LogP contribution in [0.1, 0.15) is 25.7 Å². The first-order valence-corrected chi connectivity index (χ1v) is 8.90. The number of aromatic nitrogens is 6.